The highest BCUT2D eigenvalue weighted by atomic mass is 19.1. The molecule has 1 heterocycles. The maximum Gasteiger partial charge on any atom is 0.321 e. The molecule has 0 spiro atoms. The van der Waals surface area contributed by atoms with E-state index in [4.69, 9.17) is 9.47 Å². The zero-order chi connectivity index (χ0) is 24.9. The van der Waals surface area contributed by atoms with Crippen molar-refractivity contribution in [2.24, 2.45) is 4.99 Å². The Hall–Kier alpha value is -4.40. The van der Waals surface area contributed by atoms with Gasteiger partial charge in [0.05, 0.1) is 25.1 Å². The number of rotatable bonds is 6. The number of likely N-dealkylation sites (N-methyl/N-ethyl adjacent to an activating group) is 1. The van der Waals surface area contributed by atoms with Gasteiger partial charge >= 0.3 is 6.03 Å². The third kappa shape index (κ3) is 4.93. The van der Waals surface area contributed by atoms with Crippen molar-refractivity contribution in [1.82, 2.24) is 5.32 Å². The number of hydrogen-bond acceptors (Lipinski definition) is 5. The number of amides is 3. The maximum atomic E-state index is 14.7. The lowest BCUT2D eigenvalue weighted by molar-refractivity contribution is -0.119. The standard InChI is InChI=1S/C26H25FN4O4/c1-4-35-21-14-13-16(15-22(21)34-3)28-26(33)30-24-25(32)31(2)20-12-8-6-10-18(20)23(29-24)17-9-5-7-11-19(17)27/h5-15,24H,4H2,1-3H3,(H2,28,30,33). The zero-order valence-electron chi connectivity index (χ0n) is 19.5. The van der Waals surface area contributed by atoms with E-state index in [1.807, 2.05) is 6.92 Å². The van der Waals surface area contributed by atoms with Crippen LogP contribution in [0.4, 0.5) is 20.6 Å². The first-order valence-corrected chi connectivity index (χ1v) is 11.0. The lowest BCUT2D eigenvalue weighted by Gasteiger charge is -2.21. The largest absolute Gasteiger partial charge is 0.493 e. The molecule has 0 saturated carbocycles. The van der Waals surface area contributed by atoms with Gasteiger partial charge in [-0.15, -0.1) is 0 Å². The van der Waals surface area contributed by atoms with E-state index in [2.05, 4.69) is 15.6 Å². The average Bonchev–Trinajstić information content (AvgIpc) is 2.96. The van der Waals surface area contributed by atoms with Crippen LogP contribution in [-0.4, -0.2) is 44.6 Å². The second-order valence-electron chi connectivity index (χ2n) is 7.67. The highest BCUT2D eigenvalue weighted by Crippen LogP contribution is 2.31. The number of urea groups is 1. The molecule has 0 fully saturated rings. The quantitative estimate of drug-likeness (QED) is 0.558. The summed E-state index contributed by atoms with van der Waals surface area (Å²) in [6.07, 6.45) is -1.29. The molecule has 180 valence electrons. The number of para-hydroxylation sites is 1. The van der Waals surface area contributed by atoms with E-state index in [1.54, 1.807) is 67.7 Å². The normalized spacial score (nSPS) is 15.0. The molecular weight excluding hydrogens is 451 g/mol. The Labute approximate surface area is 202 Å². The fraction of sp³-hybridized carbons (Fsp3) is 0.192. The first-order valence-electron chi connectivity index (χ1n) is 11.0. The van der Waals surface area contributed by atoms with Crippen molar-refractivity contribution in [2.75, 3.05) is 31.0 Å². The number of halogens is 1. The third-order valence-electron chi connectivity index (χ3n) is 5.46. The highest BCUT2D eigenvalue weighted by molar-refractivity contribution is 6.20. The summed E-state index contributed by atoms with van der Waals surface area (Å²) in [5, 5.41) is 5.27. The number of fused-ring (bicyclic) bond motifs is 1. The van der Waals surface area contributed by atoms with Crippen LogP contribution >= 0.6 is 0 Å². The molecule has 0 radical (unpaired) electrons. The van der Waals surface area contributed by atoms with Gasteiger partial charge in [-0.05, 0) is 37.3 Å². The Balaban J connectivity index is 1.65. The first kappa shape index (κ1) is 23.7. The molecule has 35 heavy (non-hydrogen) atoms. The molecule has 1 atom stereocenters. The van der Waals surface area contributed by atoms with E-state index < -0.39 is 23.9 Å². The minimum absolute atomic E-state index is 0.228. The number of anilines is 2. The van der Waals surface area contributed by atoms with Crippen LogP contribution in [0.2, 0.25) is 0 Å². The van der Waals surface area contributed by atoms with Crippen molar-refractivity contribution in [2.45, 2.75) is 13.1 Å². The molecule has 4 rings (SSSR count). The summed E-state index contributed by atoms with van der Waals surface area (Å²) in [5.41, 5.74) is 2.06. The van der Waals surface area contributed by atoms with Gasteiger partial charge in [0.2, 0.25) is 6.17 Å². The van der Waals surface area contributed by atoms with E-state index in [0.717, 1.165) is 0 Å². The number of aliphatic imine (C=N–C) groups is 1. The van der Waals surface area contributed by atoms with Gasteiger partial charge in [0, 0.05) is 29.9 Å². The minimum atomic E-state index is -1.29. The van der Waals surface area contributed by atoms with Gasteiger partial charge in [-0.3, -0.25) is 4.79 Å². The number of nitrogens with zero attached hydrogens (tertiary/aromatic N) is 2. The Bertz CT molecular complexity index is 1290. The Morgan fingerprint density at radius 3 is 2.49 bits per heavy atom. The smallest absolute Gasteiger partial charge is 0.321 e. The fourth-order valence-corrected chi connectivity index (χ4v) is 3.80. The van der Waals surface area contributed by atoms with E-state index in [9.17, 15) is 14.0 Å². The molecule has 0 bridgehead atoms. The monoisotopic (exact) mass is 476 g/mol. The first-order chi connectivity index (χ1) is 16.9. The SMILES string of the molecule is CCOc1ccc(NC(=O)NC2N=C(c3ccccc3F)c3ccccc3N(C)C2=O)cc1OC. The maximum absolute atomic E-state index is 14.7. The van der Waals surface area contributed by atoms with Crippen LogP contribution in [0.5, 0.6) is 11.5 Å². The number of methoxy groups -OCH3 is 1. The van der Waals surface area contributed by atoms with Crippen LogP contribution in [0.15, 0.2) is 71.7 Å². The van der Waals surface area contributed by atoms with Crippen molar-refractivity contribution in [3.8, 4) is 11.5 Å². The number of benzodiazepines with no additional fused rings is 1. The molecule has 9 heteroatoms. The summed E-state index contributed by atoms with van der Waals surface area (Å²) in [5.74, 6) is 0.0367. The summed E-state index contributed by atoms with van der Waals surface area (Å²) in [6, 6.07) is 17.5. The number of ether oxygens (including phenoxy) is 2. The van der Waals surface area contributed by atoms with E-state index in [1.165, 1.54) is 18.1 Å². The lowest BCUT2D eigenvalue weighted by Crippen LogP contribution is -2.47. The fourth-order valence-electron chi connectivity index (χ4n) is 3.80. The van der Waals surface area contributed by atoms with Gasteiger partial charge in [0.25, 0.3) is 5.91 Å². The van der Waals surface area contributed by atoms with Crippen LogP contribution in [0, 0.1) is 5.82 Å². The number of nitrogens with one attached hydrogen (secondary N) is 2. The summed E-state index contributed by atoms with van der Waals surface area (Å²) >= 11 is 0. The molecule has 3 aromatic rings. The van der Waals surface area contributed by atoms with Crippen LogP contribution in [0.3, 0.4) is 0 Å². The van der Waals surface area contributed by atoms with Gasteiger partial charge in [-0.2, -0.15) is 0 Å². The van der Waals surface area contributed by atoms with E-state index in [-0.39, 0.29) is 11.3 Å². The van der Waals surface area contributed by atoms with Gasteiger partial charge in [-0.1, -0.05) is 30.3 Å². The van der Waals surface area contributed by atoms with Crippen LogP contribution in [0.25, 0.3) is 0 Å². The molecular formula is C26H25FN4O4. The molecule has 8 nitrogen and oxygen atoms in total. The number of carbonyl (C=O) groups excluding carboxylic acids is 2. The van der Waals surface area contributed by atoms with Crippen LogP contribution < -0.4 is 25.0 Å². The average molecular weight is 477 g/mol. The number of hydrogen-bond donors (Lipinski definition) is 2. The van der Waals surface area contributed by atoms with Crippen LogP contribution in [-0.2, 0) is 4.79 Å². The van der Waals surface area contributed by atoms with Crippen molar-refractivity contribution in [3.05, 3.63) is 83.7 Å². The highest BCUT2D eigenvalue weighted by Gasteiger charge is 2.31. The molecule has 1 aliphatic heterocycles. The second kappa shape index (κ2) is 10.3. The predicted molar refractivity (Wildman–Crippen MR) is 132 cm³/mol. The lowest BCUT2D eigenvalue weighted by atomic mass is 10.00. The van der Waals surface area contributed by atoms with Crippen molar-refractivity contribution in [3.63, 3.8) is 0 Å². The number of benzene rings is 3. The Morgan fingerprint density at radius 2 is 1.77 bits per heavy atom. The minimum Gasteiger partial charge on any atom is -0.493 e. The van der Waals surface area contributed by atoms with Crippen LogP contribution in [0.1, 0.15) is 18.1 Å². The number of carbonyl (C=O) groups is 2. The van der Waals surface area contributed by atoms with Crippen molar-refractivity contribution < 1.29 is 23.5 Å². The zero-order valence-corrected chi connectivity index (χ0v) is 19.5. The molecule has 0 aromatic heterocycles. The Kier molecular flexibility index (Phi) is 6.96. The van der Waals surface area contributed by atoms with Crippen molar-refractivity contribution >= 4 is 29.0 Å². The van der Waals surface area contributed by atoms with E-state index >= 15 is 0 Å². The predicted octanol–water partition coefficient (Wildman–Crippen LogP) is 4.19. The summed E-state index contributed by atoms with van der Waals surface area (Å²) in [4.78, 5) is 32.0. The Morgan fingerprint density at radius 1 is 1.06 bits per heavy atom. The molecule has 1 aliphatic rings. The molecule has 0 aliphatic carbocycles. The topological polar surface area (TPSA) is 92.3 Å². The van der Waals surface area contributed by atoms with Gasteiger partial charge in [-0.25, -0.2) is 14.2 Å². The third-order valence-corrected chi connectivity index (χ3v) is 5.46. The van der Waals surface area contributed by atoms with Gasteiger partial charge in [0.1, 0.15) is 5.82 Å². The van der Waals surface area contributed by atoms with Gasteiger partial charge in [0.15, 0.2) is 11.5 Å². The molecule has 3 amide bonds. The second-order valence-corrected chi connectivity index (χ2v) is 7.67. The molecule has 2 N–H and O–H groups in total. The van der Waals surface area contributed by atoms with E-state index in [0.29, 0.717) is 35.0 Å². The van der Waals surface area contributed by atoms with Gasteiger partial charge < -0.3 is 25.0 Å². The molecule has 0 saturated heterocycles. The molecule has 1 unspecified atom stereocenters. The summed E-state index contributed by atoms with van der Waals surface area (Å²) < 4.78 is 25.5. The van der Waals surface area contributed by atoms with Crippen molar-refractivity contribution in [1.29, 1.82) is 0 Å². The molecule has 3 aromatic carbocycles. The summed E-state index contributed by atoms with van der Waals surface area (Å²) in [6.45, 7) is 2.32. The summed E-state index contributed by atoms with van der Waals surface area (Å²) in [7, 11) is 3.09.